The van der Waals surface area contributed by atoms with E-state index in [1.165, 1.54) is 6.07 Å². The molecule has 2 aromatic rings. The molecule has 28 heavy (non-hydrogen) atoms. The highest BCUT2D eigenvalue weighted by atomic mass is 19.1. The van der Waals surface area contributed by atoms with Crippen molar-refractivity contribution < 1.29 is 13.9 Å². The van der Waals surface area contributed by atoms with Crippen molar-refractivity contribution in [2.45, 2.75) is 6.54 Å². The average molecular weight is 383 g/mol. The Hall–Kier alpha value is -2.44. The SMILES string of the molecule is O=C(c1cccc(CN2CCN(c3ccccc3F)CC2)c1)N1CCOCC1. The average Bonchev–Trinajstić information content (AvgIpc) is 2.75. The van der Waals surface area contributed by atoms with Crippen LogP contribution < -0.4 is 4.90 Å². The van der Waals surface area contributed by atoms with Crippen molar-refractivity contribution in [3.8, 4) is 0 Å². The van der Waals surface area contributed by atoms with E-state index in [2.05, 4.69) is 15.9 Å². The lowest BCUT2D eigenvalue weighted by Gasteiger charge is -2.36. The van der Waals surface area contributed by atoms with Crippen LogP contribution in [-0.2, 0) is 11.3 Å². The van der Waals surface area contributed by atoms with E-state index in [0.29, 0.717) is 32.0 Å². The van der Waals surface area contributed by atoms with E-state index >= 15 is 0 Å². The zero-order valence-corrected chi connectivity index (χ0v) is 16.0. The molecule has 2 aliphatic rings. The van der Waals surface area contributed by atoms with Crippen LogP contribution in [0, 0.1) is 5.82 Å². The summed E-state index contributed by atoms with van der Waals surface area (Å²) in [5.74, 6) is -0.0835. The van der Waals surface area contributed by atoms with E-state index in [4.69, 9.17) is 4.74 Å². The Morgan fingerprint density at radius 2 is 1.68 bits per heavy atom. The summed E-state index contributed by atoms with van der Waals surface area (Å²) in [6, 6.07) is 14.9. The molecule has 148 valence electrons. The second kappa shape index (κ2) is 8.71. The summed E-state index contributed by atoms with van der Waals surface area (Å²) in [5.41, 5.74) is 2.56. The molecule has 0 saturated carbocycles. The summed E-state index contributed by atoms with van der Waals surface area (Å²) in [5, 5.41) is 0. The molecule has 0 unspecified atom stereocenters. The molecule has 0 spiro atoms. The highest BCUT2D eigenvalue weighted by molar-refractivity contribution is 5.94. The van der Waals surface area contributed by atoms with E-state index < -0.39 is 0 Å². The van der Waals surface area contributed by atoms with Gasteiger partial charge in [-0.25, -0.2) is 4.39 Å². The summed E-state index contributed by atoms with van der Waals surface area (Å²) < 4.78 is 19.3. The van der Waals surface area contributed by atoms with Crippen LogP contribution in [0.15, 0.2) is 48.5 Å². The Morgan fingerprint density at radius 1 is 0.929 bits per heavy atom. The lowest BCUT2D eigenvalue weighted by Crippen LogP contribution is -2.46. The standard InChI is InChI=1S/C22H26FN3O2/c23-20-6-1-2-7-21(20)25-10-8-24(9-11-25)17-18-4-3-5-19(16-18)22(27)26-12-14-28-15-13-26/h1-7,16H,8-15,17H2. The molecule has 0 radical (unpaired) electrons. The maximum absolute atomic E-state index is 14.0. The van der Waals surface area contributed by atoms with Gasteiger partial charge in [-0.3, -0.25) is 9.69 Å². The Labute approximate surface area is 165 Å². The molecule has 2 aromatic carbocycles. The van der Waals surface area contributed by atoms with Gasteiger partial charge in [0.1, 0.15) is 5.82 Å². The maximum Gasteiger partial charge on any atom is 0.254 e. The molecule has 1 amide bonds. The first-order chi connectivity index (χ1) is 13.7. The number of carbonyl (C=O) groups excluding carboxylic acids is 1. The molecule has 0 atom stereocenters. The Balaban J connectivity index is 1.35. The van der Waals surface area contributed by atoms with Crippen LogP contribution in [0.3, 0.4) is 0 Å². The summed E-state index contributed by atoms with van der Waals surface area (Å²) in [6.07, 6.45) is 0. The fourth-order valence-electron chi connectivity index (χ4n) is 3.87. The van der Waals surface area contributed by atoms with Gasteiger partial charge in [0.25, 0.3) is 5.91 Å². The number of para-hydroxylation sites is 1. The number of carbonyl (C=O) groups is 1. The van der Waals surface area contributed by atoms with Gasteiger partial charge in [0, 0.05) is 51.4 Å². The smallest absolute Gasteiger partial charge is 0.254 e. The van der Waals surface area contributed by atoms with Gasteiger partial charge in [0.05, 0.1) is 18.9 Å². The van der Waals surface area contributed by atoms with Gasteiger partial charge in [-0.2, -0.15) is 0 Å². The van der Waals surface area contributed by atoms with Crippen LogP contribution in [0.25, 0.3) is 0 Å². The molecule has 2 aliphatic heterocycles. The highest BCUT2D eigenvalue weighted by Crippen LogP contribution is 2.21. The van der Waals surface area contributed by atoms with Crippen molar-refractivity contribution >= 4 is 11.6 Å². The minimum atomic E-state index is -0.162. The first-order valence-electron chi connectivity index (χ1n) is 9.88. The van der Waals surface area contributed by atoms with Crippen LogP contribution in [0.5, 0.6) is 0 Å². The molecular weight excluding hydrogens is 357 g/mol. The Kier molecular flexibility index (Phi) is 5.88. The predicted octanol–water partition coefficient (Wildman–Crippen LogP) is 2.62. The van der Waals surface area contributed by atoms with Crippen molar-refractivity contribution in [3.05, 3.63) is 65.5 Å². The number of halogens is 1. The van der Waals surface area contributed by atoms with Crippen molar-refractivity contribution in [1.29, 1.82) is 0 Å². The molecule has 0 N–H and O–H groups in total. The summed E-state index contributed by atoms with van der Waals surface area (Å²) in [6.45, 7) is 6.67. The number of hydrogen-bond acceptors (Lipinski definition) is 4. The predicted molar refractivity (Wildman–Crippen MR) is 107 cm³/mol. The van der Waals surface area contributed by atoms with Gasteiger partial charge in [-0.05, 0) is 29.8 Å². The fourth-order valence-corrected chi connectivity index (χ4v) is 3.87. The van der Waals surface area contributed by atoms with Crippen LogP contribution in [0.4, 0.5) is 10.1 Å². The molecule has 2 heterocycles. The monoisotopic (exact) mass is 383 g/mol. The molecule has 5 nitrogen and oxygen atoms in total. The molecule has 6 heteroatoms. The normalized spacial score (nSPS) is 18.3. The van der Waals surface area contributed by atoms with E-state index in [1.807, 2.05) is 35.2 Å². The van der Waals surface area contributed by atoms with Gasteiger partial charge < -0.3 is 14.5 Å². The van der Waals surface area contributed by atoms with Gasteiger partial charge in [-0.1, -0.05) is 24.3 Å². The van der Waals surface area contributed by atoms with Gasteiger partial charge in [0.2, 0.25) is 0 Å². The van der Waals surface area contributed by atoms with E-state index in [9.17, 15) is 9.18 Å². The largest absolute Gasteiger partial charge is 0.378 e. The number of benzene rings is 2. The molecular formula is C22H26FN3O2. The highest BCUT2D eigenvalue weighted by Gasteiger charge is 2.21. The number of ether oxygens (including phenoxy) is 1. The number of rotatable bonds is 4. The minimum absolute atomic E-state index is 0.0783. The van der Waals surface area contributed by atoms with Crippen molar-refractivity contribution in [1.82, 2.24) is 9.80 Å². The van der Waals surface area contributed by atoms with Crippen molar-refractivity contribution in [3.63, 3.8) is 0 Å². The third kappa shape index (κ3) is 4.34. The molecule has 0 aliphatic carbocycles. The number of nitrogens with zero attached hydrogens (tertiary/aromatic N) is 3. The summed E-state index contributed by atoms with van der Waals surface area (Å²) in [7, 11) is 0. The second-order valence-electron chi connectivity index (χ2n) is 7.32. The molecule has 0 bridgehead atoms. The lowest BCUT2D eigenvalue weighted by molar-refractivity contribution is 0.0303. The molecule has 0 aromatic heterocycles. The molecule has 4 rings (SSSR count). The topological polar surface area (TPSA) is 36.0 Å². The fraction of sp³-hybridized carbons (Fsp3) is 0.409. The van der Waals surface area contributed by atoms with Gasteiger partial charge in [-0.15, -0.1) is 0 Å². The van der Waals surface area contributed by atoms with E-state index in [1.54, 1.807) is 6.07 Å². The number of hydrogen-bond donors (Lipinski definition) is 0. The second-order valence-corrected chi connectivity index (χ2v) is 7.32. The van der Waals surface area contributed by atoms with Crippen molar-refractivity contribution in [2.24, 2.45) is 0 Å². The number of amides is 1. The number of piperazine rings is 1. The molecule has 2 fully saturated rings. The van der Waals surface area contributed by atoms with Crippen molar-refractivity contribution in [2.75, 3.05) is 57.4 Å². The number of anilines is 1. The molecule has 2 saturated heterocycles. The quantitative estimate of drug-likeness (QED) is 0.813. The Bertz CT molecular complexity index is 815. The minimum Gasteiger partial charge on any atom is -0.378 e. The maximum atomic E-state index is 14.0. The first kappa shape index (κ1) is 18.9. The first-order valence-corrected chi connectivity index (χ1v) is 9.88. The summed E-state index contributed by atoms with van der Waals surface area (Å²) >= 11 is 0. The zero-order chi connectivity index (χ0) is 19.3. The van der Waals surface area contributed by atoms with Gasteiger partial charge in [0.15, 0.2) is 0 Å². The van der Waals surface area contributed by atoms with Crippen LogP contribution >= 0.6 is 0 Å². The van der Waals surface area contributed by atoms with Crippen LogP contribution in [0.1, 0.15) is 15.9 Å². The lowest BCUT2D eigenvalue weighted by atomic mass is 10.1. The van der Waals surface area contributed by atoms with Gasteiger partial charge >= 0.3 is 0 Å². The third-order valence-electron chi connectivity index (χ3n) is 5.44. The Morgan fingerprint density at radius 3 is 2.43 bits per heavy atom. The zero-order valence-electron chi connectivity index (χ0n) is 16.0. The number of morpholine rings is 1. The summed E-state index contributed by atoms with van der Waals surface area (Å²) in [4.78, 5) is 19.0. The van der Waals surface area contributed by atoms with E-state index in [0.717, 1.165) is 43.9 Å². The van der Waals surface area contributed by atoms with E-state index in [-0.39, 0.29) is 11.7 Å². The van der Waals surface area contributed by atoms with Crippen LogP contribution in [0.2, 0.25) is 0 Å². The van der Waals surface area contributed by atoms with Crippen LogP contribution in [-0.4, -0.2) is 68.2 Å². The third-order valence-corrected chi connectivity index (χ3v) is 5.44.